The predicted octanol–water partition coefficient (Wildman–Crippen LogP) is 4.87. The number of imidazole rings is 1. The molecule has 0 atom stereocenters. The molecule has 2 N–H and O–H groups in total. The van der Waals surface area contributed by atoms with Gasteiger partial charge in [-0.1, -0.05) is 30.3 Å². The normalized spacial score (nSPS) is 13.2. The lowest BCUT2D eigenvalue weighted by Gasteiger charge is -2.28. The van der Waals surface area contributed by atoms with E-state index in [9.17, 15) is 10.1 Å². The van der Waals surface area contributed by atoms with E-state index >= 15 is 0 Å². The highest BCUT2D eigenvalue weighted by atomic mass is 16.5. The number of ether oxygens (including phenoxy) is 1. The van der Waals surface area contributed by atoms with Gasteiger partial charge in [0.2, 0.25) is 0 Å². The van der Waals surface area contributed by atoms with Gasteiger partial charge in [-0.05, 0) is 42.5 Å². The maximum atomic E-state index is 12.6. The lowest BCUT2D eigenvalue weighted by atomic mass is 10.0. The molecule has 1 saturated heterocycles. The Hall–Kier alpha value is -5.20. The Labute approximate surface area is 231 Å². The molecule has 5 aromatic rings. The van der Waals surface area contributed by atoms with Crippen LogP contribution in [0.25, 0.3) is 28.2 Å². The number of fused-ring (bicyclic) bond motifs is 1. The molecule has 0 unspecified atom stereocenters. The van der Waals surface area contributed by atoms with Crippen LogP contribution in [-0.2, 0) is 4.74 Å². The van der Waals surface area contributed by atoms with E-state index in [-0.39, 0.29) is 5.91 Å². The summed E-state index contributed by atoms with van der Waals surface area (Å²) in [5.41, 5.74) is 6.57. The van der Waals surface area contributed by atoms with E-state index in [1.54, 1.807) is 19.2 Å². The van der Waals surface area contributed by atoms with Gasteiger partial charge < -0.3 is 24.7 Å². The molecular weight excluding hydrogens is 502 g/mol. The average molecular weight is 530 g/mol. The zero-order valence-electron chi connectivity index (χ0n) is 22.0. The Morgan fingerprint density at radius 1 is 0.950 bits per heavy atom. The van der Waals surface area contributed by atoms with Crippen LogP contribution in [0.5, 0.6) is 0 Å². The number of benzene rings is 3. The number of nitriles is 1. The number of nitrogens with one attached hydrogen (secondary N) is 2. The van der Waals surface area contributed by atoms with E-state index < -0.39 is 0 Å². The zero-order valence-corrected chi connectivity index (χ0v) is 22.0. The van der Waals surface area contributed by atoms with Crippen LogP contribution >= 0.6 is 0 Å². The third kappa shape index (κ3) is 4.96. The molecule has 1 fully saturated rings. The van der Waals surface area contributed by atoms with Crippen molar-refractivity contribution in [3.05, 3.63) is 96.3 Å². The Bertz CT molecular complexity index is 1730. The van der Waals surface area contributed by atoms with Gasteiger partial charge in [-0.25, -0.2) is 9.97 Å². The Kier molecular flexibility index (Phi) is 6.83. The fraction of sp³-hybridized carbons (Fsp3) is 0.161. The number of nitrogens with zero attached hydrogens (tertiary/aromatic N) is 5. The van der Waals surface area contributed by atoms with Crippen LogP contribution in [0.3, 0.4) is 0 Å². The highest BCUT2D eigenvalue weighted by Crippen LogP contribution is 2.30. The van der Waals surface area contributed by atoms with Crippen molar-refractivity contribution in [3.63, 3.8) is 0 Å². The lowest BCUT2D eigenvalue weighted by molar-refractivity contribution is 0.0963. The largest absolute Gasteiger partial charge is 0.378 e. The molecule has 1 aliphatic rings. The quantitative estimate of drug-likeness (QED) is 0.323. The predicted molar refractivity (Wildman–Crippen MR) is 155 cm³/mol. The van der Waals surface area contributed by atoms with Gasteiger partial charge in [-0.3, -0.25) is 4.79 Å². The van der Waals surface area contributed by atoms with Crippen LogP contribution < -0.4 is 15.5 Å². The van der Waals surface area contributed by atoms with Gasteiger partial charge >= 0.3 is 0 Å². The minimum absolute atomic E-state index is 0.182. The van der Waals surface area contributed by atoms with E-state index in [1.807, 2.05) is 65.3 Å². The van der Waals surface area contributed by atoms with E-state index in [1.165, 1.54) is 0 Å². The fourth-order valence-electron chi connectivity index (χ4n) is 4.85. The molecule has 0 spiro atoms. The van der Waals surface area contributed by atoms with Gasteiger partial charge in [0.15, 0.2) is 11.5 Å². The topological polar surface area (TPSA) is 108 Å². The van der Waals surface area contributed by atoms with Crippen LogP contribution in [0.1, 0.15) is 15.9 Å². The number of hydrogen-bond acceptors (Lipinski definition) is 7. The molecule has 1 amide bonds. The first-order valence-corrected chi connectivity index (χ1v) is 13.0. The second-order valence-corrected chi connectivity index (χ2v) is 9.42. The van der Waals surface area contributed by atoms with Crippen LogP contribution in [0.4, 0.5) is 17.2 Å². The Morgan fingerprint density at radius 3 is 2.50 bits per heavy atom. The third-order valence-electron chi connectivity index (χ3n) is 6.91. The molecule has 2 aromatic heterocycles. The summed E-state index contributed by atoms with van der Waals surface area (Å²) >= 11 is 0. The molecule has 6 rings (SSSR count). The van der Waals surface area contributed by atoms with Crippen molar-refractivity contribution >= 4 is 28.7 Å². The van der Waals surface area contributed by atoms with Gasteiger partial charge in [-0.15, -0.1) is 0 Å². The first-order valence-electron chi connectivity index (χ1n) is 13.0. The standard InChI is InChI=1S/C31H27N7O2/c1-33-31(39)26-8-3-2-7-25(26)28-20-38-19-27(22-6-4-5-21(17-22)18-32)35-29(30(38)36-28)34-23-9-11-24(12-10-23)37-13-15-40-16-14-37/h2-12,17,19-20H,13-16H2,1H3,(H,33,39)(H,34,35). The summed E-state index contributed by atoms with van der Waals surface area (Å²) in [6, 6.07) is 25.1. The summed E-state index contributed by atoms with van der Waals surface area (Å²) in [7, 11) is 1.61. The van der Waals surface area contributed by atoms with Crippen molar-refractivity contribution in [2.75, 3.05) is 43.6 Å². The van der Waals surface area contributed by atoms with Crippen LogP contribution in [0, 0.1) is 11.3 Å². The fourth-order valence-corrected chi connectivity index (χ4v) is 4.85. The average Bonchev–Trinajstić information content (AvgIpc) is 3.46. The molecular formula is C31H27N7O2. The molecule has 3 heterocycles. The molecule has 3 aromatic carbocycles. The van der Waals surface area contributed by atoms with E-state index in [2.05, 4.69) is 33.7 Å². The van der Waals surface area contributed by atoms with E-state index in [0.29, 0.717) is 34.0 Å². The monoisotopic (exact) mass is 529 g/mol. The minimum atomic E-state index is -0.182. The molecule has 1 aliphatic heterocycles. The van der Waals surface area contributed by atoms with E-state index in [0.717, 1.165) is 48.8 Å². The second-order valence-electron chi connectivity index (χ2n) is 9.42. The van der Waals surface area contributed by atoms with Crippen LogP contribution in [0.2, 0.25) is 0 Å². The summed E-state index contributed by atoms with van der Waals surface area (Å²) in [4.78, 5) is 24.7. The summed E-state index contributed by atoms with van der Waals surface area (Å²) < 4.78 is 7.38. The maximum Gasteiger partial charge on any atom is 0.251 e. The van der Waals surface area contributed by atoms with Crippen LogP contribution in [-0.4, -0.2) is 53.6 Å². The third-order valence-corrected chi connectivity index (χ3v) is 6.91. The molecule has 0 radical (unpaired) electrons. The molecule has 9 nitrogen and oxygen atoms in total. The number of hydrogen-bond donors (Lipinski definition) is 2. The summed E-state index contributed by atoms with van der Waals surface area (Å²) in [6.07, 6.45) is 3.78. The SMILES string of the molecule is CNC(=O)c1ccccc1-c1cn2cc(-c3cccc(C#N)c3)nc(Nc3ccc(N4CCOCC4)cc3)c2n1. The number of amides is 1. The molecule has 40 heavy (non-hydrogen) atoms. The van der Waals surface area contributed by atoms with Crippen LogP contribution in [0.15, 0.2) is 85.2 Å². The first-order chi connectivity index (χ1) is 19.6. The van der Waals surface area contributed by atoms with Gasteiger partial charge in [0, 0.05) is 60.6 Å². The van der Waals surface area contributed by atoms with Crippen molar-refractivity contribution in [2.24, 2.45) is 0 Å². The number of rotatable bonds is 6. The van der Waals surface area contributed by atoms with Gasteiger partial charge in [-0.2, -0.15) is 5.26 Å². The smallest absolute Gasteiger partial charge is 0.251 e. The number of aromatic nitrogens is 3. The second kappa shape index (κ2) is 10.9. The summed E-state index contributed by atoms with van der Waals surface area (Å²) in [5.74, 6) is 0.376. The number of carbonyl (C=O) groups is 1. The minimum Gasteiger partial charge on any atom is -0.378 e. The number of carbonyl (C=O) groups excluding carboxylic acids is 1. The van der Waals surface area contributed by atoms with Crippen molar-refractivity contribution in [1.82, 2.24) is 19.7 Å². The highest BCUT2D eigenvalue weighted by molar-refractivity contribution is 6.00. The van der Waals surface area contributed by atoms with Gasteiger partial charge in [0.25, 0.3) is 5.91 Å². The van der Waals surface area contributed by atoms with Crippen molar-refractivity contribution < 1.29 is 9.53 Å². The molecule has 0 aliphatic carbocycles. The molecule has 0 bridgehead atoms. The lowest BCUT2D eigenvalue weighted by Crippen LogP contribution is -2.36. The van der Waals surface area contributed by atoms with Gasteiger partial charge in [0.1, 0.15) is 0 Å². The molecule has 0 saturated carbocycles. The Morgan fingerprint density at radius 2 is 1.73 bits per heavy atom. The first kappa shape index (κ1) is 25.1. The number of morpholine rings is 1. The van der Waals surface area contributed by atoms with Gasteiger partial charge in [0.05, 0.1) is 36.2 Å². The highest BCUT2D eigenvalue weighted by Gasteiger charge is 2.18. The Balaban J connectivity index is 1.43. The maximum absolute atomic E-state index is 12.6. The number of anilines is 3. The van der Waals surface area contributed by atoms with Crippen molar-refractivity contribution in [3.8, 4) is 28.6 Å². The zero-order chi connectivity index (χ0) is 27.5. The van der Waals surface area contributed by atoms with Crippen molar-refractivity contribution in [1.29, 1.82) is 5.26 Å². The summed E-state index contributed by atoms with van der Waals surface area (Å²) in [6.45, 7) is 3.19. The van der Waals surface area contributed by atoms with E-state index in [4.69, 9.17) is 14.7 Å². The van der Waals surface area contributed by atoms with Crippen molar-refractivity contribution in [2.45, 2.75) is 0 Å². The summed E-state index contributed by atoms with van der Waals surface area (Å²) in [5, 5.41) is 15.6. The molecule has 9 heteroatoms. The molecule has 198 valence electrons.